The number of nitrogens with zero attached hydrogens (tertiary/aromatic N) is 1. The van der Waals surface area contributed by atoms with Crippen molar-refractivity contribution in [2.24, 2.45) is 0 Å². The van der Waals surface area contributed by atoms with Crippen LogP contribution in [-0.4, -0.2) is 68.5 Å². The molecule has 3 atom stereocenters. The molecule has 54 heavy (non-hydrogen) atoms. The highest BCUT2D eigenvalue weighted by Crippen LogP contribution is 2.38. The molecule has 0 aliphatic heterocycles. The summed E-state index contributed by atoms with van der Waals surface area (Å²) in [4.78, 5) is 24.9. The van der Waals surface area contributed by atoms with Gasteiger partial charge in [-0.05, 0) is 32.1 Å². The number of carbonyl (C=O) groups excluding carboxylic acids is 1. The predicted octanol–water partition coefficient (Wildman–Crippen LogP) is 11.9. The summed E-state index contributed by atoms with van der Waals surface area (Å²) in [5.74, 6) is -0.225. The first-order valence-electron chi connectivity index (χ1n) is 22.7. The highest BCUT2D eigenvalue weighted by Gasteiger charge is 2.23. The van der Waals surface area contributed by atoms with E-state index in [4.69, 9.17) is 9.05 Å². The maximum absolute atomic E-state index is 12.5. The van der Waals surface area contributed by atoms with Crippen molar-refractivity contribution in [1.82, 2.24) is 5.32 Å². The number of nitrogens with one attached hydrogen (secondary N) is 1. The molecule has 0 spiro atoms. The molecule has 0 rings (SSSR count). The lowest BCUT2D eigenvalue weighted by molar-refractivity contribution is -0.870. The number of phosphoric ester groups is 1. The SMILES string of the molecule is CCCCCCCCCCCCCCCCCCCCCCCC/C=C/CC/C=C/C(O)C(COP(=O)([O-])OCC[N+](C)(C)C)NC(=O)CCCCCC. The molecule has 0 heterocycles. The van der Waals surface area contributed by atoms with Crippen LogP contribution in [0.15, 0.2) is 24.3 Å². The van der Waals surface area contributed by atoms with Crippen molar-refractivity contribution >= 4 is 13.7 Å². The second-order valence-electron chi connectivity index (χ2n) is 16.8. The van der Waals surface area contributed by atoms with Crippen LogP contribution in [0.2, 0.25) is 0 Å². The van der Waals surface area contributed by atoms with Crippen LogP contribution < -0.4 is 10.2 Å². The summed E-state index contributed by atoms with van der Waals surface area (Å²) >= 11 is 0. The molecule has 0 aliphatic rings. The molecule has 0 aromatic rings. The summed E-state index contributed by atoms with van der Waals surface area (Å²) in [6.45, 7) is 4.50. The van der Waals surface area contributed by atoms with Crippen molar-refractivity contribution in [3.63, 3.8) is 0 Å². The lowest BCUT2D eigenvalue weighted by Gasteiger charge is -2.29. The number of hydrogen-bond donors (Lipinski definition) is 2. The van der Waals surface area contributed by atoms with Gasteiger partial charge in [0.25, 0.3) is 7.82 Å². The molecule has 0 aromatic heterocycles. The van der Waals surface area contributed by atoms with E-state index in [2.05, 4.69) is 31.3 Å². The van der Waals surface area contributed by atoms with Gasteiger partial charge in [0.2, 0.25) is 5.91 Å². The minimum Gasteiger partial charge on any atom is -0.756 e. The third-order valence-corrected chi connectivity index (χ3v) is 11.1. The molecule has 0 aromatic carbocycles. The van der Waals surface area contributed by atoms with E-state index in [0.717, 1.165) is 44.9 Å². The van der Waals surface area contributed by atoms with E-state index in [9.17, 15) is 19.4 Å². The highest BCUT2D eigenvalue weighted by molar-refractivity contribution is 7.45. The van der Waals surface area contributed by atoms with E-state index >= 15 is 0 Å². The van der Waals surface area contributed by atoms with Crippen LogP contribution in [0.25, 0.3) is 0 Å². The maximum atomic E-state index is 12.5. The van der Waals surface area contributed by atoms with Crippen LogP contribution in [0, 0.1) is 0 Å². The Labute approximate surface area is 334 Å². The zero-order valence-corrected chi connectivity index (χ0v) is 37.1. The Morgan fingerprint density at radius 2 is 1.04 bits per heavy atom. The molecule has 320 valence electrons. The zero-order valence-electron chi connectivity index (χ0n) is 36.2. The largest absolute Gasteiger partial charge is 0.756 e. The van der Waals surface area contributed by atoms with Gasteiger partial charge in [0.1, 0.15) is 13.2 Å². The molecule has 0 saturated heterocycles. The number of aliphatic hydroxyl groups excluding tert-OH is 1. The number of phosphoric acid groups is 1. The number of amides is 1. The van der Waals surface area contributed by atoms with Gasteiger partial charge in [-0.1, -0.05) is 192 Å². The molecule has 0 aliphatic carbocycles. The van der Waals surface area contributed by atoms with Crippen LogP contribution >= 0.6 is 7.82 Å². The van der Waals surface area contributed by atoms with E-state index < -0.39 is 26.6 Å². The van der Waals surface area contributed by atoms with Gasteiger partial charge in [-0.3, -0.25) is 9.36 Å². The Morgan fingerprint density at radius 3 is 1.50 bits per heavy atom. The number of likely N-dealkylation sites (N-methyl/N-ethyl adjacent to an activating group) is 1. The Morgan fingerprint density at radius 1 is 0.630 bits per heavy atom. The fourth-order valence-corrected chi connectivity index (χ4v) is 7.24. The smallest absolute Gasteiger partial charge is 0.268 e. The van der Waals surface area contributed by atoms with Gasteiger partial charge in [0, 0.05) is 6.42 Å². The summed E-state index contributed by atoms with van der Waals surface area (Å²) in [7, 11) is 1.24. The van der Waals surface area contributed by atoms with E-state index in [1.165, 1.54) is 141 Å². The molecule has 8 nitrogen and oxygen atoms in total. The zero-order chi connectivity index (χ0) is 40.0. The third-order valence-electron chi connectivity index (χ3n) is 10.2. The van der Waals surface area contributed by atoms with Crippen molar-refractivity contribution in [3.05, 3.63) is 24.3 Å². The quantitative estimate of drug-likeness (QED) is 0.0277. The predicted molar refractivity (Wildman–Crippen MR) is 228 cm³/mol. The Kier molecular flexibility index (Phi) is 36.8. The van der Waals surface area contributed by atoms with E-state index in [0.29, 0.717) is 17.4 Å². The molecule has 0 saturated carbocycles. The summed E-state index contributed by atoms with van der Waals surface area (Å²) in [6, 6.07) is -0.895. The molecule has 9 heteroatoms. The minimum atomic E-state index is -4.57. The first kappa shape index (κ1) is 53.0. The van der Waals surface area contributed by atoms with Gasteiger partial charge in [0.05, 0.1) is 39.9 Å². The second-order valence-corrected chi connectivity index (χ2v) is 18.2. The number of quaternary nitrogens is 1. The molecule has 0 radical (unpaired) electrons. The first-order chi connectivity index (χ1) is 26.0. The topological polar surface area (TPSA) is 108 Å². The monoisotopic (exact) mass is 785 g/mol. The Hall–Kier alpha value is -1.02. The van der Waals surface area contributed by atoms with Crippen LogP contribution in [0.1, 0.15) is 206 Å². The first-order valence-corrected chi connectivity index (χ1v) is 24.2. The second kappa shape index (κ2) is 37.6. The van der Waals surface area contributed by atoms with E-state index in [-0.39, 0.29) is 12.5 Å². The van der Waals surface area contributed by atoms with Crippen molar-refractivity contribution in [3.8, 4) is 0 Å². The number of unbranched alkanes of at least 4 members (excludes halogenated alkanes) is 26. The van der Waals surface area contributed by atoms with Crippen molar-refractivity contribution < 1.29 is 32.9 Å². The molecule has 0 fully saturated rings. The number of aliphatic hydroxyl groups is 1. The Bertz CT molecular complexity index is 938. The van der Waals surface area contributed by atoms with Gasteiger partial charge in [-0.25, -0.2) is 0 Å². The maximum Gasteiger partial charge on any atom is 0.268 e. The van der Waals surface area contributed by atoms with Gasteiger partial charge in [-0.15, -0.1) is 0 Å². The van der Waals surface area contributed by atoms with Crippen molar-refractivity contribution in [1.29, 1.82) is 0 Å². The summed E-state index contributed by atoms with van der Waals surface area (Å²) in [5, 5.41) is 13.6. The number of hydrogen-bond acceptors (Lipinski definition) is 6. The molecule has 0 bridgehead atoms. The van der Waals surface area contributed by atoms with Crippen molar-refractivity contribution in [2.45, 2.75) is 219 Å². The molecular formula is C45H89N2O6P. The average Bonchev–Trinajstić information content (AvgIpc) is 3.12. The van der Waals surface area contributed by atoms with Crippen LogP contribution in [0.3, 0.4) is 0 Å². The normalized spacial score (nSPS) is 14.6. The molecule has 1 amide bonds. The Balaban J connectivity index is 3.99. The van der Waals surface area contributed by atoms with Crippen LogP contribution in [-0.2, 0) is 18.4 Å². The standard InChI is InChI=1S/C45H89N2O6P/c1-6-8-10-12-13-14-15-16-17-18-19-20-21-22-23-24-25-26-27-28-29-30-31-32-33-34-35-36-38-44(48)43(46-45(49)39-37-11-9-7-2)42-53-54(50,51)52-41-40-47(3,4)5/h32-33,36,38,43-44,48H,6-31,34-35,37,39-42H2,1-5H3,(H-,46,49,50,51)/b33-32+,38-36+. The molecule has 2 N–H and O–H groups in total. The van der Waals surface area contributed by atoms with Crippen molar-refractivity contribution in [2.75, 3.05) is 40.9 Å². The summed E-state index contributed by atoms with van der Waals surface area (Å²) in [5.41, 5.74) is 0. The number of carbonyl (C=O) groups is 1. The fraction of sp³-hybridized carbons (Fsp3) is 0.889. The molecular weight excluding hydrogens is 695 g/mol. The minimum absolute atomic E-state index is 0.00562. The van der Waals surface area contributed by atoms with Gasteiger partial charge >= 0.3 is 0 Å². The van der Waals surface area contributed by atoms with E-state index in [1.807, 2.05) is 27.2 Å². The summed E-state index contributed by atoms with van der Waals surface area (Å²) in [6.07, 6.45) is 44.6. The van der Waals surface area contributed by atoms with Gasteiger partial charge < -0.3 is 28.8 Å². The lowest BCUT2D eigenvalue weighted by Crippen LogP contribution is -2.45. The highest BCUT2D eigenvalue weighted by atomic mass is 31.2. The van der Waals surface area contributed by atoms with Gasteiger partial charge in [-0.2, -0.15) is 0 Å². The molecule has 3 unspecified atom stereocenters. The van der Waals surface area contributed by atoms with E-state index in [1.54, 1.807) is 6.08 Å². The average molecular weight is 785 g/mol. The van der Waals surface area contributed by atoms with Crippen LogP contribution in [0.5, 0.6) is 0 Å². The fourth-order valence-electron chi connectivity index (χ4n) is 6.52. The lowest BCUT2D eigenvalue weighted by atomic mass is 10.0. The van der Waals surface area contributed by atoms with Crippen LogP contribution in [0.4, 0.5) is 0 Å². The summed E-state index contributed by atoms with van der Waals surface area (Å²) < 4.78 is 23.0. The van der Waals surface area contributed by atoms with Gasteiger partial charge in [0.15, 0.2) is 0 Å². The number of allylic oxidation sites excluding steroid dienone is 3. The third kappa shape index (κ3) is 39.2. The number of rotatable bonds is 41.